The molecule has 2 heterocycles. The average molecular weight is 367 g/mol. The number of rotatable bonds is 5. The number of phenols is 1. The van der Waals surface area contributed by atoms with Crippen molar-refractivity contribution in [2.45, 2.75) is 6.04 Å². The molecular weight excluding hydrogens is 346 g/mol. The van der Waals surface area contributed by atoms with E-state index in [1.165, 1.54) is 29.4 Å². The Hall–Kier alpha value is -3.19. The summed E-state index contributed by atoms with van der Waals surface area (Å²) in [4.78, 5) is 32.7. The van der Waals surface area contributed by atoms with E-state index in [0.717, 1.165) is 0 Å². The van der Waals surface area contributed by atoms with Crippen LogP contribution in [0, 0.1) is 0 Å². The molecule has 7 heteroatoms. The molecule has 1 aromatic heterocycles. The lowest BCUT2D eigenvalue weighted by Gasteiger charge is -2.26. The molecule has 1 aliphatic heterocycles. The molecular formula is C20H21N3O4. The van der Waals surface area contributed by atoms with Crippen LogP contribution in [0.3, 0.4) is 0 Å². The van der Waals surface area contributed by atoms with E-state index in [1.54, 1.807) is 24.3 Å². The number of nitrogens with zero attached hydrogens (tertiary/aromatic N) is 3. The number of amides is 1. The second-order valence-corrected chi connectivity index (χ2v) is 6.62. The third-order valence-corrected chi connectivity index (χ3v) is 4.49. The summed E-state index contributed by atoms with van der Waals surface area (Å²) in [7, 11) is 3.76. The second kappa shape index (κ2) is 7.59. The third kappa shape index (κ3) is 3.68. The Morgan fingerprint density at radius 3 is 2.33 bits per heavy atom. The number of hydrogen-bond donors (Lipinski definition) is 2. The van der Waals surface area contributed by atoms with Crippen LogP contribution in [0.15, 0.2) is 54.4 Å². The maximum absolute atomic E-state index is 12.7. The number of carbonyl (C=O) groups is 2. The van der Waals surface area contributed by atoms with Crippen molar-refractivity contribution in [3.63, 3.8) is 0 Å². The summed E-state index contributed by atoms with van der Waals surface area (Å²) in [5.74, 6) is -1.52. The predicted molar refractivity (Wildman–Crippen MR) is 99.9 cm³/mol. The summed E-state index contributed by atoms with van der Waals surface area (Å²) in [5, 5.41) is 20.4. The maximum Gasteiger partial charge on any atom is 0.295 e. The molecule has 1 atom stereocenters. The van der Waals surface area contributed by atoms with E-state index in [0.29, 0.717) is 24.2 Å². The molecule has 140 valence electrons. The first kappa shape index (κ1) is 18.6. The van der Waals surface area contributed by atoms with Crippen molar-refractivity contribution in [2.24, 2.45) is 0 Å². The van der Waals surface area contributed by atoms with Gasteiger partial charge in [-0.25, -0.2) is 0 Å². The number of Topliss-reactive ketones (excluding diaryl/α,β-unsaturated/α-hetero) is 1. The fraction of sp³-hybridized carbons (Fsp3) is 0.250. The minimum absolute atomic E-state index is 0.0376. The number of aliphatic hydroxyl groups is 1. The van der Waals surface area contributed by atoms with Crippen molar-refractivity contribution in [1.29, 1.82) is 0 Å². The number of carbonyl (C=O) groups excluding carboxylic acids is 2. The zero-order chi connectivity index (χ0) is 19.6. The Morgan fingerprint density at radius 1 is 1.11 bits per heavy atom. The second-order valence-electron chi connectivity index (χ2n) is 6.62. The molecule has 0 bridgehead atoms. The van der Waals surface area contributed by atoms with E-state index < -0.39 is 17.7 Å². The predicted octanol–water partition coefficient (Wildman–Crippen LogP) is 1.77. The van der Waals surface area contributed by atoms with Crippen molar-refractivity contribution in [1.82, 2.24) is 14.8 Å². The summed E-state index contributed by atoms with van der Waals surface area (Å²) in [6, 6.07) is 8.72. The molecule has 0 radical (unpaired) electrons. The molecule has 1 aromatic carbocycles. The zero-order valence-corrected chi connectivity index (χ0v) is 15.2. The summed E-state index contributed by atoms with van der Waals surface area (Å²) in [6.07, 6.45) is 3.01. The van der Waals surface area contributed by atoms with Gasteiger partial charge in [0.25, 0.3) is 11.7 Å². The van der Waals surface area contributed by atoms with Gasteiger partial charge in [0, 0.05) is 31.0 Å². The zero-order valence-electron chi connectivity index (χ0n) is 15.2. The highest BCUT2D eigenvalue weighted by atomic mass is 16.3. The number of ketones is 1. The number of hydrogen-bond acceptors (Lipinski definition) is 6. The van der Waals surface area contributed by atoms with Crippen molar-refractivity contribution in [3.8, 4) is 5.75 Å². The number of likely N-dealkylation sites (tertiary alicyclic amines) is 1. The smallest absolute Gasteiger partial charge is 0.295 e. The lowest BCUT2D eigenvalue weighted by Crippen LogP contribution is -2.35. The minimum atomic E-state index is -0.723. The maximum atomic E-state index is 12.7. The van der Waals surface area contributed by atoms with Crippen LogP contribution < -0.4 is 0 Å². The van der Waals surface area contributed by atoms with Crippen LogP contribution in [0.4, 0.5) is 0 Å². The summed E-state index contributed by atoms with van der Waals surface area (Å²) < 4.78 is 0. The Kier molecular flexibility index (Phi) is 5.23. The monoisotopic (exact) mass is 367 g/mol. The number of aromatic hydroxyl groups is 1. The molecule has 2 aromatic rings. The number of aliphatic hydroxyl groups excluding tert-OH is 1. The number of phenolic OH excluding ortho intramolecular Hbond substituents is 1. The lowest BCUT2D eigenvalue weighted by molar-refractivity contribution is -0.140. The Balaban J connectivity index is 2.13. The van der Waals surface area contributed by atoms with Gasteiger partial charge in [-0.2, -0.15) is 0 Å². The van der Waals surface area contributed by atoms with Crippen LogP contribution in [0.5, 0.6) is 5.75 Å². The quantitative estimate of drug-likeness (QED) is 0.475. The van der Waals surface area contributed by atoms with Gasteiger partial charge in [0.15, 0.2) is 0 Å². The molecule has 1 unspecified atom stereocenters. The van der Waals surface area contributed by atoms with Crippen LogP contribution >= 0.6 is 0 Å². The van der Waals surface area contributed by atoms with Crippen molar-refractivity contribution >= 4 is 17.4 Å². The lowest BCUT2D eigenvalue weighted by atomic mass is 9.95. The SMILES string of the molecule is CN(C)CCN1C(=O)C(=O)C(=C(O)c2ccncc2)C1c1ccc(O)cc1. The van der Waals surface area contributed by atoms with Gasteiger partial charge in [-0.3, -0.25) is 14.6 Å². The number of benzene rings is 1. The fourth-order valence-electron chi connectivity index (χ4n) is 3.09. The van der Waals surface area contributed by atoms with E-state index in [1.807, 2.05) is 19.0 Å². The first-order chi connectivity index (χ1) is 12.9. The van der Waals surface area contributed by atoms with Gasteiger partial charge < -0.3 is 20.0 Å². The summed E-state index contributed by atoms with van der Waals surface area (Å²) in [6.45, 7) is 0.896. The van der Waals surface area contributed by atoms with Crippen LogP contribution in [0.2, 0.25) is 0 Å². The van der Waals surface area contributed by atoms with Gasteiger partial charge in [0.2, 0.25) is 0 Å². The number of pyridine rings is 1. The van der Waals surface area contributed by atoms with Gasteiger partial charge in [-0.05, 0) is 43.9 Å². The van der Waals surface area contributed by atoms with E-state index >= 15 is 0 Å². The van der Waals surface area contributed by atoms with Crippen LogP contribution in [-0.4, -0.2) is 63.9 Å². The molecule has 7 nitrogen and oxygen atoms in total. The normalized spacial score (nSPS) is 19.1. The Labute approximate surface area is 157 Å². The average Bonchev–Trinajstić information content (AvgIpc) is 2.91. The van der Waals surface area contributed by atoms with Crippen molar-refractivity contribution < 1.29 is 19.8 Å². The summed E-state index contributed by atoms with van der Waals surface area (Å²) in [5.41, 5.74) is 1.09. The highest BCUT2D eigenvalue weighted by Crippen LogP contribution is 2.39. The third-order valence-electron chi connectivity index (χ3n) is 4.49. The van der Waals surface area contributed by atoms with E-state index in [4.69, 9.17) is 0 Å². The topological polar surface area (TPSA) is 94.0 Å². The molecule has 1 fully saturated rings. The van der Waals surface area contributed by atoms with E-state index in [9.17, 15) is 19.8 Å². The standard InChI is InChI=1S/C20H21N3O4/c1-22(2)11-12-23-17(13-3-5-15(24)6-4-13)16(19(26)20(23)27)18(25)14-7-9-21-10-8-14/h3-10,17,24-25H,11-12H2,1-2H3. The fourth-order valence-corrected chi connectivity index (χ4v) is 3.09. The van der Waals surface area contributed by atoms with Crippen LogP contribution in [0.1, 0.15) is 17.2 Å². The van der Waals surface area contributed by atoms with Crippen molar-refractivity contribution in [3.05, 3.63) is 65.5 Å². The molecule has 3 rings (SSSR count). The van der Waals surface area contributed by atoms with Gasteiger partial charge in [-0.1, -0.05) is 12.1 Å². The molecule has 0 aliphatic carbocycles. The highest BCUT2D eigenvalue weighted by molar-refractivity contribution is 6.46. The van der Waals surface area contributed by atoms with E-state index in [-0.39, 0.29) is 17.1 Å². The van der Waals surface area contributed by atoms with E-state index in [2.05, 4.69) is 4.98 Å². The summed E-state index contributed by atoms with van der Waals surface area (Å²) >= 11 is 0. The Morgan fingerprint density at radius 2 is 1.74 bits per heavy atom. The van der Waals surface area contributed by atoms with Crippen LogP contribution in [-0.2, 0) is 9.59 Å². The molecule has 2 N–H and O–H groups in total. The van der Waals surface area contributed by atoms with Crippen molar-refractivity contribution in [2.75, 3.05) is 27.2 Å². The largest absolute Gasteiger partial charge is 0.508 e. The first-order valence-corrected chi connectivity index (χ1v) is 8.52. The molecule has 1 amide bonds. The Bertz CT molecular complexity index is 876. The molecule has 1 saturated heterocycles. The molecule has 0 saturated carbocycles. The number of aromatic nitrogens is 1. The van der Waals surface area contributed by atoms with Gasteiger partial charge >= 0.3 is 0 Å². The molecule has 0 spiro atoms. The minimum Gasteiger partial charge on any atom is -0.508 e. The molecule has 27 heavy (non-hydrogen) atoms. The first-order valence-electron chi connectivity index (χ1n) is 8.52. The molecule has 1 aliphatic rings. The van der Waals surface area contributed by atoms with Gasteiger partial charge in [0.1, 0.15) is 11.5 Å². The number of likely N-dealkylation sites (N-methyl/N-ethyl adjacent to an activating group) is 1. The highest BCUT2D eigenvalue weighted by Gasteiger charge is 2.45. The van der Waals surface area contributed by atoms with Gasteiger partial charge in [0.05, 0.1) is 11.6 Å². The van der Waals surface area contributed by atoms with Crippen LogP contribution in [0.25, 0.3) is 5.76 Å². The van der Waals surface area contributed by atoms with Gasteiger partial charge in [-0.15, -0.1) is 0 Å².